The lowest BCUT2D eigenvalue weighted by atomic mass is 9.92. The highest BCUT2D eigenvalue weighted by atomic mass is 16.8. The summed E-state index contributed by atoms with van der Waals surface area (Å²) in [5, 5.41) is 210. The zero-order valence-electron chi connectivity index (χ0n) is 32.3. The minimum Gasteiger partial charge on any atom is -0.394 e. The Morgan fingerprint density at radius 3 is 1.32 bits per heavy atom. The second kappa shape index (κ2) is 22.1. The van der Waals surface area contributed by atoms with Crippen LogP contribution in [0.2, 0.25) is 0 Å². The van der Waals surface area contributed by atoms with Gasteiger partial charge in [0.15, 0.2) is 31.5 Å². The van der Waals surface area contributed by atoms with E-state index in [4.69, 9.17) is 42.6 Å². The predicted molar refractivity (Wildman–Crippen MR) is 185 cm³/mol. The molecule has 5 aliphatic rings. The number of rotatable bonds is 16. The largest absolute Gasteiger partial charge is 0.394 e. The molecule has 5 aliphatic heterocycles. The molecule has 364 valence electrons. The third-order valence-electron chi connectivity index (χ3n) is 11.3. The van der Waals surface area contributed by atoms with Gasteiger partial charge in [-0.15, -0.1) is 0 Å². The van der Waals surface area contributed by atoms with Crippen molar-refractivity contribution in [3.63, 3.8) is 0 Å². The summed E-state index contributed by atoms with van der Waals surface area (Å²) in [4.78, 5) is 0. The Kier molecular flexibility index (Phi) is 18.5. The molecule has 0 unspecified atom stereocenters. The van der Waals surface area contributed by atoms with Crippen LogP contribution < -0.4 is 0 Å². The van der Waals surface area contributed by atoms with Crippen molar-refractivity contribution in [2.24, 2.45) is 0 Å². The molecule has 0 spiro atoms. The Labute approximate surface area is 349 Å². The maximum atomic E-state index is 11.7. The highest BCUT2D eigenvalue weighted by molar-refractivity contribution is 5.01. The molecule has 28 atom stereocenters. The van der Waals surface area contributed by atoms with Crippen LogP contribution in [0.5, 0.6) is 0 Å². The Morgan fingerprint density at radius 1 is 0.355 bits per heavy atom. The molecule has 0 radical (unpaired) electrons. The molecule has 0 bridgehead atoms. The third-order valence-corrected chi connectivity index (χ3v) is 11.3. The van der Waals surface area contributed by atoms with Crippen LogP contribution in [-0.4, -0.2) is 307 Å². The van der Waals surface area contributed by atoms with Gasteiger partial charge >= 0.3 is 0 Å². The summed E-state index contributed by atoms with van der Waals surface area (Å²) in [6, 6.07) is 0. The normalized spacial score (nSPS) is 50.8. The predicted octanol–water partition coefficient (Wildman–Crippen LogP) is -13.8. The molecular formula is C33H58O29. The Morgan fingerprint density at radius 2 is 0.790 bits per heavy atom. The van der Waals surface area contributed by atoms with Crippen LogP contribution in [0.1, 0.15) is 0 Å². The molecule has 29 heteroatoms. The average Bonchev–Trinajstić information content (AvgIpc) is 3.26. The lowest BCUT2D eigenvalue weighted by Gasteiger charge is -2.51. The third kappa shape index (κ3) is 10.5. The molecule has 0 aliphatic carbocycles. The van der Waals surface area contributed by atoms with E-state index in [2.05, 4.69) is 0 Å². The molecule has 0 aromatic heterocycles. The first-order valence-electron chi connectivity index (χ1n) is 19.4. The number of hydrogen-bond donors (Lipinski definition) is 20. The number of aliphatic hydroxyl groups excluding tert-OH is 20. The summed E-state index contributed by atoms with van der Waals surface area (Å²) < 4.78 is 50.1. The maximum Gasteiger partial charge on any atom is 0.187 e. The average molecular weight is 919 g/mol. The van der Waals surface area contributed by atoms with E-state index in [0.29, 0.717) is 0 Å². The van der Waals surface area contributed by atoms with Gasteiger partial charge in [0.05, 0.1) is 33.0 Å². The van der Waals surface area contributed by atoms with E-state index in [-0.39, 0.29) is 0 Å². The van der Waals surface area contributed by atoms with Gasteiger partial charge in [0.2, 0.25) is 0 Å². The van der Waals surface area contributed by atoms with Crippen molar-refractivity contribution in [1.29, 1.82) is 0 Å². The van der Waals surface area contributed by atoms with Gasteiger partial charge in [0.25, 0.3) is 0 Å². The van der Waals surface area contributed by atoms with Crippen LogP contribution in [0.3, 0.4) is 0 Å². The number of aliphatic hydroxyl groups is 20. The second-order valence-electron chi connectivity index (χ2n) is 15.4. The molecule has 29 nitrogen and oxygen atoms in total. The highest BCUT2D eigenvalue weighted by Gasteiger charge is 2.58. The standard InChI is InChI=1S/C33H58O29/c34-1-6(39)23-16(46)15(45)19(49)32(58-23)62-28-24(7(40)2-35)57-29(53)21(51)27(28)61-33-22(52)26(60-31-18(48)14(44)12(42)9(4-37)55-31)20(50)25(59-33)10(5-38)56-30-17(47)13(43)11(41)8(3-36)54-30/h6-53H,1-5H2/t6-,7-,8+,9+,10-,11+,12+,13-,14-,15-,16-,17+,18+,19-,20+,21-,22-,23+,24+,25+,26-,27+,28+,29-,30+,31+,32+,33+/m0/s1. The Hall–Kier alpha value is -1.16. The summed E-state index contributed by atoms with van der Waals surface area (Å²) in [6.45, 7) is -5.28. The summed E-state index contributed by atoms with van der Waals surface area (Å²) in [5.74, 6) is 0. The fourth-order valence-electron chi connectivity index (χ4n) is 7.66. The summed E-state index contributed by atoms with van der Waals surface area (Å²) in [7, 11) is 0. The molecule has 0 saturated carbocycles. The molecule has 0 aromatic carbocycles. The van der Waals surface area contributed by atoms with Crippen molar-refractivity contribution < 1.29 is 145 Å². The van der Waals surface area contributed by atoms with Gasteiger partial charge in [-0.25, -0.2) is 0 Å². The van der Waals surface area contributed by atoms with Crippen molar-refractivity contribution in [2.45, 2.75) is 172 Å². The summed E-state index contributed by atoms with van der Waals surface area (Å²) >= 11 is 0. The van der Waals surface area contributed by atoms with E-state index in [1.54, 1.807) is 0 Å². The van der Waals surface area contributed by atoms with Crippen molar-refractivity contribution >= 4 is 0 Å². The molecule has 5 fully saturated rings. The fraction of sp³-hybridized carbons (Fsp3) is 1.00. The molecule has 5 rings (SSSR count). The first kappa shape index (κ1) is 51.8. The van der Waals surface area contributed by atoms with Gasteiger partial charge in [-0.2, -0.15) is 0 Å². The van der Waals surface area contributed by atoms with Crippen molar-refractivity contribution in [3.8, 4) is 0 Å². The van der Waals surface area contributed by atoms with Crippen LogP contribution in [0.15, 0.2) is 0 Å². The molecule has 20 N–H and O–H groups in total. The monoisotopic (exact) mass is 918 g/mol. The van der Waals surface area contributed by atoms with Crippen LogP contribution in [-0.2, 0) is 42.6 Å². The highest BCUT2D eigenvalue weighted by Crippen LogP contribution is 2.37. The van der Waals surface area contributed by atoms with Gasteiger partial charge in [0.1, 0.15) is 140 Å². The van der Waals surface area contributed by atoms with Gasteiger partial charge in [-0.1, -0.05) is 0 Å². The van der Waals surface area contributed by atoms with Gasteiger partial charge in [-0.3, -0.25) is 0 Å². The minimum atomic E-state index is -2.40. The van der Waals surface area contributed by atoms with E-state index in [9.17, 15) is 102 Å². The smallest absolute Gasteiger partial charge is 0.187 e. The van der Waals surface area contributed by atoms with Crippen LogP contribution in [0, 0.1) is 0 Å². The molecular weight excluding hydrogens is 860 g/mol. The Balaban J connectivity index is 1.52. The van der Waals surface area contributed by atoms with E-state index < -0.39 is 205 Å². The summed E-state index contributed by atoms with van der Waals surface area (Å²) in [6.07, 6.45) is -58.2. The summed E-state index contributed by atoms with van der Waals surface area (Å²) in [5.41, 5.74) is 0. The second-order valence-corrected chi connectivity index (χ2v) is 15.4. The van der Waals surface area contributed by atoms with Crippen LogP contribution >= 0.6 is 0 Å². The first-order valence-corrected chi connectivity index (χ1v) is 19.4. The molecule has 62 heavy (non-hydrogen) atoms. The lowest BCUT2D eigenvalue weighted by molar-refractivity contribution is -0.404. The first-order chi connectivity index (χ1) is 29.3. The quantitative estimate of drug-likeness (QED) is 0.0683. The Bertz CT molecular complexity index is 1350. The number of hydrogen-bond acceptors (Lipinski definition) is 29. The molecule has 0 amide bonds. The van der Waals surface area contributed by atoms with E-state index in [0.717, 1.165) is 0 Å². The molecule has 5 saturated heterocycles. The number of ether oxygens (including phenoxy) is 9. The minimum absolute atomic E-state index is 0.923. The van der Waals surface area contributed by atoms with Gasteiger partial charge in [0, 0.05) is 0 Å². The van der Waals surface area contributed by atoms with Gasteiger partial charge in [-0.05, 0) is 0 Å². The maximum absolute atomic E-state index is 11.7. The van der Waals surface area contributed by atoms with Crippen molar-refractivity contribution in [2.75, 3.05) is 33.0 Å². The van der Waals surface area contributed by atoms with E-state index in [1.165, 1.54) is 0 Å². The zero-order valence-corrected chi connectivity index (χ0v) is 32.3. The molecule has 0 aromatic rings. The topological polar surface area (TPSA) is 488 Å². The van der Waals surface area contributed by atoms with E-state index >= 15 is 0 Å². The van der Waals surface area contributed by atoms with E-state index in [1.807, 2.05) is 0 Å². The fourth-order valence-corrected chi connectivity index (χ4v) is 7.66. The van der Waals surface area contributed by atoms with Crippen molar-refractivity contribution in [3.05, 3.63) is 0 Å². The van der Waals surface area contributed by atoms with Crippen molar-refractivity contribution in [1.82, 2.24) is 0 Å². The van der Waals surface area contributed by atoms with Crippen LogP contribution in [0.4, 0.5) is 0 Å². The zero-order chi connectivity index (χ0) is 46.1. The molecule has 5 heterocycles. The SMILES string of the molecule is OC[C@H](O[C@H]1O[C@H](CO)[C@@H](O)[C@H](O)[C@H]1O)[C@H]1O[C@H](O[C@@H]2[C@H](O)[C@@H](O)O[C@H]([C@@H](O)CO)[C@H]2O[C@H]2O[C@H]([C@@H](O)CO)[C@@H](O)[C@H](O)[C@@H]2O)[C@@H](O)[C@@H](O[C@H]2O[C@H](CO)[C@@H](O)[C@H](O)[C@H]2O)[C@@H]1O. The van der Waals surface area contributed by atoms with Gasteiger partial charge < -0.3 is 145 Å². The lowest BCUT2D eigenvalue weighted by Crippen LogP contribution is -2.70. The van der Waals surface area contributed by atoms with Crippen LogP contribution in [0.25, 0.3) is 0 Å².